The van der Waals surface area contributed by atoms with Crippen molar-refractivity contribution < 1.29 is 9.53 Å². The number of carbonyl (C=O) groups is 1. The molecule has 0 bridgehead atoms. The largest absolute Gasteiger partial charge is 0.495 e. The highest BCUT2D eigenvalue weighted by Crippen LogP contribution is 2.27. The van der Waals surface area contributed by atoms with Gasteiger partial charge in [0, 0.05) is 23.3 Å². The summed E-state index contributed by atoms with van der Waals surface area (Å²) in [7, 11) is 1.54. The minimum absolute atomic E-state index is 0.301. The van der Waals surface area contributed by atoms with Gasteiger partial charge in [0.15, 0.2) is 0 Å². The molecular formula is C20H18ClN3O2. The molecule has 6 heteroatoms. The Bertz CT molecular complexity index is 944. The van der Waals surface area contributed by atoms with Gasteiger partial charge in [-0.3, -0.25) is 9.78 Å². The van der Waals surface area contributed by atoms with E-state index in [4.69, 9.17) is 16.3 Å². The third-order valence-electron chi connectivity index (χ3n) is 3.71. The number of methoxy groups -OCH3 is 1. The van der Waals surface area contributed by atoms with Crippen molar-refractivity contribution in [3.63, 3.8) is 0 Å². The van der Waals surface area contributed by atoms with E-state index in [1.807, 2.05) is 37.3 Å². The highest BCUT2D eigenvalue weighted by molar-refractivity contribution is 6.32. The smallest absolute Gasteiger partial charge is 0.274 e. The number of pyridine rings is 1. The lowest BCUT2D eigenvalue weighted by Crippen LogP contribution is -2.13. The van der Waals surface area contributed by atoms with Gasteiger partial charge in [-0.2, -0.15) is 0 Å². The molecule has 0 saturated carbocycles. The van der Waals surface area contributed by atoms with Crippen LogP contribution in [0.4, 0.5) is 17.1 Å². The summed E-state index contributed by atoms with van der Waals surface area (Å²) in [4.78, 5) is 16.6. The molecule has 2 aromatic carbocycles. The van der Waals surface area contributed by atoms with E-state index in [1.54, 1.807) is 30.5 Å². The number of aryl methyl sites for hydroxylation is 1. The number of aromatic nitrogens is 1. The van der Waals surface area contributed by atoms with Crippen LogP contribution in [0, 0.1) is 6.92 Å². The standard InChI is InChI=1S/C20H18ClN3O2/c1-13-4-3-5-14(10-13)23-16-8-9-22-18(12-16)20(25)24-15-6-7-19(26-2)17(21)11-15/h3-12H,1-2H3,(H,22,23)(H,24,25). The van der Waals surface area contributed by atoms with Crippen molar-refractivity contribution in [2.75, 3.05) is 17.7 Å². The maximum atomic E-state index is 12.5. The monoisotopic (exact) mass is 367 g/mol. The highest BCUT2D eigenvalue weighted by Gasteiger charge is 2.10. The van der Waals surface area contributed by atoms with Crippen LogP contribution in [0.2, 0.25) is 5.02 Å². The number of amides is 1. The maximum absolute atomic E-state index is 12.5. The molecule has 3 rings (SSSR count). The predicted molar refractivity (Wildman–Crippen MR) is 105 cm³/mol. The highest BCUT2D eigenvalue weighted by atomic mass is 35.5. The fraction of sp³-hybridized carbons (Fsp3) is 0.100. The molecule has 0 aliphatic carbocycles. The van der Waals surface area contributed by atoms with E-state index < -0.39 is 0 Å². The van der Waals surface area contributed by atoms with Gasteiger partial charge < -0.3 is 15.4 Å². The summed E-state index contributed by atoms with van der Waals surface area (Å²) >= 11 is 6.09. The van der Waals surface area contributed by atoms with E-state index in [9.17, 15) is 4.79 Å². The molecule has 0 radical (unpaired) electrons. The molecule has 0 aliphatic heterocycles. The van der Waals surface area contributed by atoms with Crippen LogP contribution in [0.25, 0.3) is 0 Å². The molecule has 3 aromatic rings. The molecule has 2 N–H and O–H groups in total. The van der Waals surface area contributed by atoms with Gasteiger partial charge in [0.1, 0.15) is 11.4 Å². The van der Waals surface area contributed by atoms with Crippen LogP contribution in [0.5, 0.6) is 5.75 Å². The lowest BCUT2D eigenvalue weighted by molar-refractivity contribution is 0.102. The van der Waals surface area contributed by atoms with Crippen LogP contribution in [-0.4, -0.2) is 18.0 Å². The van der Waals surface area contributed by atoms with Crippen molar-refractivity contribution in [2.24, 2.45) is 0 Å². The number of carbonyl (C=O) groups excluding carboxylic acids is 1. The minimum Gasteiger partial charge on any atom is -0.495 e. The SMILES string of the molecule is COc1ccc(NC(=O)c2cc(Nc3cccc(C)c3)ccn2)cc1Cl. The van der Waals surface area contributed by atoms with Crippen molar-refractivity contribution in [1.29, 1.82) is 0 Å². The first-order valence-corrected chi connectivity index (χ1v) is 8.37. The van der Waals surface area contributed by atoms with Crippen molar-refractivity contribution >= 4 is 34.6 Å². The van der Waals surface area contributed by atoms with E-state index in [0.29, 0.717) is 22.2 Å². The maximum Gasteiger partial charge on any atom is 0.274 e. The minimum atomic E-state index is -0.320. The van der Waals surface area contributed by atoms with E-state index in [0.717, 1.165) is 16.9 Å². The molecule has 0 spiro atoms. The molecule has 1 aromatic heterocycles. The van der Waals surface area contributed by atoms with Gasteiger partial charge in [0.05, 0.1) is 12.1 Å². The van der Waals surface area contributed by atoms with E-state index in [-0.39, 0.29) is 5.91 Å². The summed E-state index contributed by atoms with van der Waals surface area (Å²) in [6.45, 7) is 2.02. The number of nitrogens with zero attached hydrogens (tertiary/aromatic N) is 1. The van der Waals surface area contributed by atoms with Gasteiger partial charge in [0.25, 0.3) is 5.91 Å². The second-order valence-electron chi connectivity index (χ2n) is 5.73. The van der Waals surface area contributed by atoms with Crippen LogP contribution >= 0.6 is 11.6 Å². The summed E-state index contributed by atoms with van der Waals surface area (Å²) in [6.07, 6.45) is 1.59. The average Bonchev–Trinajstić information content (AvgIpc) is 2.62. The second kappa shape index (κ2) is 7.89. The molecule has 132 valence electrons. The first kappa shape index (κ1) is 17.8. The van der Waals surface area contributed by atoms with Crippen LogP contribution in [0.1, 0.15) is 16.1 Å². The molecule has 5 nitrogen and oxygen atoms in total. The predicted octanol–water partition coefficient (Wildman–Crippen LogP) is 5.05. The Labute approximate surface area is 157 Å². The van der Waals surface area contributed by atoms with Crippen molar-refractivity contribution in [3.05, 3.63) is 77.1 Å². The first-order valence-electron chi connectivity index (χ1n) is 8.00. The number of ether oxygens (including phenoxy) is 1. The molecule has 0 unspecified atom stereocenters. The van der Waals surface area contributed by atoms with Gasteiger partial charge in [-0.1, -0.05) is 23.7 Å². The Morgan fingerprint density at radius 3 is 2.58 bits per heavy atom. The van der Waals surface area contributed by atoms with E-state index in [2.05, 4.69) is 15.6 Å². The zero-order valence-electron chi connectivity index (χ0n) is 14.4. The first-order chi connectivity index (χ1) is 12.5. The van der Waals surface area contributed by atoms with E-state index in [1.165, 1.54) is 7.11 Å². The normalized spacial score (nSPS) is 10.3. The number of halogens is 1. The van der Waals surface area contributed by atoms with Crippen LogP contribution < -0.4 is 15.4 Å². The summed E-state index contributed by atoms with van der Waals surface area (Å²) in [6, 6.07) is 16.5. The lowest BCUT2D eigenvalue weighted by atomic mass is 10.2. The van der Waals surface area contributed by atoms with Gasteiger partial charge in [-0.15, -0.1) is 0 Å². The number of hydrogen-bond donors (Lipinski definition) is 2. The molecule has 1 amide bonds. The Balaban J connectivity index is 1.74. The molecule has 0 fully saturated rings. The number of benzene rings is 2. The van der Waals surface area contributed by atoms with Crippen LogP contribution in [0.15, 0.2) is 60.8 Å². The van der Waals surface area contributed by atoms with Crippen LogP contribution in [0.3, 0.4) is 0 Å². The summed E-state index contributed by atoms with van der Waals surface area (Å²) < 4.78 is 5.11. The van der Waals surface area contributed by atoms with E-state index >= 15 is 0 Å². The molecule has 0 atom stereocenters. The van der Waals surface area contributed by atoms with Gasteiger partial charge in [-0.25, -0.2) is 0 Å². The van der Waals surface area contributed by atoms with Gasteiger partial charge >= 0.3 is 0 Å². The molecule has 26 heavy (non-hydrogen) atoms. The number of rotatable bonds is 5. The van der Waals surface area contributed by atoms with Crippen LogP contribution in [-0.2, 0) is 0 Å². The topological polar surface area (TPSA) is 63.2 Å². The van der Waals surface area contributed by atoms with Gasteiger partial charge in [0.2, 0.25) is 0 Å². The fourth-order valence-electron chi connectivity index (χ4n) is 2.46. The molecule has 0 aliphatic rings. The third-order valence-corrected chi connectivity index (χ3v) is 4.00. The number of nitrogens with one attached hydrogen (secondary N) is 2. The third kappa shape index (κ3) is 4.32. The Morgan fingerprint density at radius 1 is 1.04 bits per heavy atom. The van der Waals surface area contributed by atoms with Crippen molar-refractivity contribution in [2.45, 2.75) is 6.92 Å². The Hall–Kier alpha value is -3.05. The van der Waals surface area contributed by atoms with Gasteiger partial charge in [-0.05, 0) is 55.0 Å². The summed E-state index contributed by atoms with van der Waals surface area (Å²) in [5.74, 6) is 0.228. The Morgan fingerprint density at radius 2 is 1.85 bits per heavy atom. The fourth-order valence-corrected chi connectivity index (χ4v) is 2.72. The summed E-state index contributed by atoms with van der Waals surface area (Å²) in [5, 5.41) is 6.48. The second-order valence-corrected chi connectivity index (χ2v) is 6.13. The molecule has 0 saturated heterocycles. The van der Waals surface area contributed by atoms with Crippen molar-refractivity contribution in [3.8, 4) is 5.75 Å². The molecule has 1 heterocycles. The number of anilines is 3. The number of hydrogen-bond acceptors (Lipinski definition) is 4. The summed E-state index contributed by atoms with van der Waals surface area (Å²) in [5.41, 5.74) is 3.75. The van der Waals surface area contributed by atoms with Crippen molar-refractivity contribution in [1.82, 2.24) is 4.98 Å². The zero-order chi connectivity index (χ0) is 18.5. The lowest BCUT2D eigenvalue weighted by Gasteiger charge is -2.10. The quantitative estimate of drug-likeness (QED) is 0.662. The average molecular weight is 368 g/mol. The zero-order valence-corrected chi connectivity index (χ0v) is 15.2. The molecular weight excluding hydrogens is 350 g/mol. The Kier molecular flexibility index (Phi) is 5.39.